The summed E-state index contributed by atoms with van der Waals surface area (Å²) in [6, 6.07) is 8.12. The molecule has 0 atom stereocenters. The Morgan fingerprint density at radius 3 is 2.00 bits per heavy atom. The van der Waals surface area contributed by atoms with E-state index in [4.69, 9.17) is 0 Å². The van der Waals surface area contributed by atoms with E-state index < -0.39 is 5.60 Å². The maximum atomic E-state index is 9.75. The molecule has 0 saturated carbocycles. The lowest BCUT2D eigenvalue weighted by atomic mass is 9.99. The van der Waals surface area contributed by atoms with Crippen molar-refractivity contribution in [1.82, 2.24) is 0 Å². The molecule has 0 amide bonds. The zero-order valence-electron chi connectivity index (χ0n) is 9.24. The summed E-state index contributed by atoms with van der Waals surface area (Å²) in [6.07, 6.45) is 0. The van der Waals surface area contributed by atoms with Crippen LogP contribution in [0.4, 0.5) is 0 Å². The van der Waals surface area contributed by atoms with Crippen LogP contribution in [0.15, 0.2) is 29.2 Å². The van der Waals surface area contributed by atoms with E-state index in [1.165, 1.54) is 4.90 Å². The summed E-state index contributed by atoms with van der Waals surface area (Å²) in [5, 5.41) is 10.4. The van der Waals surface area contributed by atoms with Gasteiger partial charge >= 0.3 is 0 Å². The fourth-order valence-corrected chi connectivity index (χ4v) is 2.05. The molecule has 78 valence electrons. The molecule has 0 saturated heterocycles. The zero-order valence-corrected chi connectivity index (χ0v) is 10.1. The van der Waals surface area contributed by atoms with Gasteiger partial charge in [-0.2, -0.15) is 0 Å². The number of benzene rings is 1. The highest BCUT2D eigenvalue weighted by Gasteiger charge is 2.15. The summed E-state index contributed by atoms with van der Waals surface area (Å²) in [4.78, 5) is 1.26. The minimum Gasteiger partial charge on any atom is -0.386 e. The van der Waals surface area contributed by atoms with Gasteiger partial charge in [0, 0.05) is 10.1 Å². The molecule has 1 aromatic carbocycles. The third-order valence-electron chi connectivity index (χ3n) is 1.93. The van der Waals surface area contributed by atoms with Crippen molar-refractivity contribution >= 4 is 11.8 Å². The average Bonchev–Trinajstić information content (AvgIpc) is 2.02. The third kappa shape index (κ3) is 3.35. The number of hydrogen-bond donors (Lipinski definition) is 1. The van der Waals surface area contributed by atoms with E-state index in [2.05, 4.69) is 26.0 Å². The Labute approximate surface area is 90.5 Å². The summed E-state index contributed by atoms with van der Waals surface area (Å²) in [5.74, 6) is 0. The van der Waals surface area contributed by atoms with Crippen LogP contribution in [0.5, 0.6) is 0 Å². The maximum absolute atomic E-state index is 9.75. The van der Waals surface area contributed by atoms with Crippen molar-refractivity contribution in [3.05, 3.63) is 29.8 Å². The molecule has 0 aromatic heterocycles. The van der Waals surface area contributed by atoms with E-state index in [0.717, 1.165) is 5.56 Å². The smallest absolute Gasteiger partial charge is 0.0840 e. The van der Waals surface area contributed by atoms with E-state index in [-0.39, 0.29) is 0 Å². The molecule has 0 aliphatic carbocycles. The molecular weight excluding hydrogens is 192 g/mol. The molecule has 0 bridgehead atoms. The Kier molecular flexibility index (Phi) is 3.62. The molecule has 0 radical (unpaired) electrons. The molecule has 1 rings (SSSR count). The van der Waals surface area contributed by atoms with Crippen LogP contribution >= 0.6 is 11.8 Å². The highest BCUT2D eigenvalue weighted by Crippen LogP contribution is 2.26. The average molecular weight is 210 g/mol. The van der Waals surface area contributed by atoms with Crippen molar-refractivity contribution in [3.8, 4) is 0 Å². The van der Waals surface area contributed by atoms with Gasteiger partial charge in [0.2, 0.25) is 0 Å². The largest absolute Gasteiger partial charge is 0.386 e. The lowest BCUT2D eigenvalue weighted by Gasteiger charge is -2.18. The zero-order chi connectivity index (χ0) is 10.8. The van der Waals surface area contributed by atoms with Crippen molar-refractivity contribution in [1.29, 1.82) is 0 Å². The highest BCUT2D eigenvalue weighted by atomic mass is 32.2. The topological polar surface area (TPSA) is 20.2 Å². The van der Waals surface area contributed by atoms with Gasteiger partial charge in [-0.15, -0.1) is 11.8 Å². The maximum Gasteiger partial charge on any atom is 0.0840 e. The van der Waals surface area contributed by atoms with Gasteiger partial charge in [0.15, 0.2) is 0 Å². The number of thioether (sulfide) groups is 1. The minimum absolute atomic E-state index is 0.600. The van der Waals surface area contributed by atoms with Crippen molar-refractivity contribution in [2.75, 3.05) is 0 Å². The highest BCUT2D eigenvalue weighted by molar-refractivity contribution is 7.99. The van der Waals surface area contributed by atoms with Gasteiger partial charge in [0.25, 0.3) is 0 Å². The number of aliphatic hydroxyl groups is 1. The van der Waals surface area contributed by atoms with Crippen LogP contribution in [-0.4, -0.2) is 10.4 Å². The van der Waals surface area contributed by atoms with Crippen LogP contribution in [0, 0.1) is 0 Å². The molecule has 1 nitrogen and oxygen atoms in total. The van der Waals surface area contributed by atoms with Crippen LogP contribution in [0.3, 0.4) is 0 Å². The van der Waals surface area contributed by atoms with Gasteiger partial charge in [-0.05, 0) is 31.5 Å². The van der Waals surface area contributed by atoms with Crippen molar-refractivity contribution < 1.29 is 5.11 Å². The summed E-state index contributed by atoms with van der Waals surface area (Å²) in [6.45, 7) is 7.96. The molecule has 1 aromatic rings. The van der Waals surface area contributed by atoms with E-state index in [9.17, 15) is 5.11 Å². The summed E-state index contributed by atoms with van der Waals surface area (Å²) in [7, 11) is 0. The Bertz CT molecular complexity index is 282. The number of hydrogen-bond acceptors (Lipinski definition) is 2. The Morgan fingerprint density at radius 1 is 1.14 bits per heavy atom. The summed E-state index contributed by atoms with van der Waals surface area (Å²) >= 11 is 1.84. The molecule has 0 aliphatic rings. The van der Waals surface area contributed by atoms with Crippen LogP contribution in [0.2, 0.25) is 0 Å². The lowest BCUT2D eigenvalue weighted by molar-refractivity contribution is 0.0785. The van der Waals surface area contributed by atoms with Crippen LogP contribution < -0.4 is 0 Å². The standard InChI is InChI=1S/C12H18OS/c1-9(2)14-11-7-5-10(6-8-11)12(3,4)13/h5-9,13H,1-4H3. The summed E-state index contributed by atoms with van der Waals surface area (Å²) in [5.41, 5.74) is 0.228. The summed E-state index contributed by atoms with van der Waals surface area (Å²) < 4.78 is 0. The second-order valence-corrected chi connectivity index (χ2v) is 5.90. The first-order chi connectivity index (χ1) is 6.39. The molecule has 0 unspecified atom stereocenters. The van der Waals surface area contributed by atoms with Crippen molar-refractivity contribution in [3.63, 3.8) is 0 Å². The Balaban J connectivity index is 2.79. The molecule has 0 aliphatic heterocycles. The first-order valence-corrected chi connectivity index (χ1v) is 5.77. The molecule has 0 fully saturated rings. The third-order valence-corrected chi connectivity index (χ3v) is 2.95. The number of rotatable bonds is 3. The molecule has 0 spiro atoms. The molecule has 1 N–H and O–H groups in total. The van der Waals surface area contributed by atoms with E-state index in [1.54, 1.807) is 13.8 Å². The predicted molar refractivity (Wildman–Crippen MR) is 62.7 cm³/mol. The van der Waals surface area contributed by atoms with Crippen molar-refractivity contribution in [2.24, 2.45) is 0 Å². The quantitative estimate of drug-likeness (QED) is 0.771. The monoisotopic (exact) mass is 210 g/mol. The van der Waals surface area contributed by atoms with Crippen LogP contribution in [0.1, 0.15) is 33.3 Å². The first kappa shape index (κ1) is 11.6. The van der Waals surface area contributed by atoms with Crippen molar-refractivity contribution in [2.45, 2.75) is 43.4 Å². The van der Waals surface area contributed by atoms with Gasteiger partial charge in [0.05, 0.1) is 5.60 Å². The first-order valence-electron chi connectivity index (χ1n) is 4.89. The van der Waals surface area contributed by atoms with Crippen LogP contribution in [0.25, 0.3) is 0 Å². The van der Waals surface area contributed by atoms with Gasteiger partial charge in [-0.25, -0.2) is 0 Å². The van der Waals surface area contributed by atoms with Gasteiger partial charge < -0.3 is 5.11 Å². The predicted octanol–water partition coefficient (Wildman–Crippen LogP) is 3.41. The second-order valence-electron chi connectivity index (χ2n) is 4.25. The fraction of sp³-hybridized carbons (Fsp3) is 0.500. The SMILES string of the molecule is CC(C)Sc1ccc(C(C)(C)O)cc1. The Hall–Kier alpha value is -0.470. The van der Waals surface area contributed by atoms with Gasteiger partial charge in [-0.3, -0.25) is 0 Å². The second kappa shape index (κ2) is 4.37. The normalized spacial score (nSPS) is 12.1. The van der Waals surface area contributed by atoms with E-state index in [0.29, 0.717) is 5.25 Å². The van der Waals surface area contributed by atoms with Gasteiger partial charge in [0.1, 0.15) is 0 Å². The van der Waals surface area contributed by atoms with E-state index >= 15 is 0 Å². The molecule has 0 heterocycles. The molecule has 2 heteroatoms. The fourth-order valence-electron chi connectivity index (χ4n) is 1.21. The van der Waals surface area contributed by atoms with Crippen LogP contribution in [-0.2, 0) is 5.60 Å². The molecule has 14 heavy (non-hydrogen) atoms. The minimum atomic E-state index is -0.735. The van der Waals surface area contributed by atoms with E-state index in [1.807, 2.05) is 23.9 Å². The lowest BCUT2D eigenvalue weighted by Crippen LogP contribution is -2.14. The van der Waals surface area contributed by atoms with Gasteiger partial charge in [-0.1, -0.05) is 26.0 Å². The Morgan fingerprint density at radius 2 is 1.64 bits per heavy atom. The molecular formula is C12H18OS.